The Morgan fingerprint density at radius 1 is 1.50 bits per heavy atom. The molecule has 1 rings (SSSR count). The lowest BCUT2D eigenvalue weighted by Crippen LogP contribution is -2.43. The van der Waals surface area contributed by atoms with Crippen molar-refractivity contribution in [2.24, 2.45) is 0 Å². The highest BCUT2D eigenvalue weighted by Gasteiger charge is 2.20. The monoisotopic (exact) mass is 224 g/mol. The molecule has 4 heteroatoms. The van der Waals surface area contributed by atoms with Gasteiger partial charge in [-0.25, -0.2) is 4.39 Å². The van der Waals surface area contributed by atoms with Gasteiger partial charge >= 0.3 is 0 Å². The van der Waals surface area contributed by atoms with Crippen LogP contribution in [0.15, 0.2) is 18.2 Å². The zero-order valence-electron chi connectivity index (χ0n) is 9.80. The van der Waals surface area contributed by atoms with Crippen LogP contribution in [-0.2, 0) is 0 Å². The lowest BCUT2D eigenvalue weighted by molar-refractivity contribution is 0.0912. The van der Waals surface area contributed by atoms with Crippen molar-refractivity contribution in [1.29, 1.82) is 0 Å². The van der Waals surface area contributed by atoms with Crippen molar-refractivity contribution in [2.75, 3.05) is 5.73 Å². The Balaban J connectivity index is 2.94. The smallest absolute Gasteiger partial charge is 0.253 e. The SMILES string of the molecule is CCC(C)(C)NC(=O)c1cccc(F)c1N. The van der Waals surface area contributed by atoms with Gasteiger partial charge in [-0.2, -0.15) is 0 Å². The number of nitrogens with two attached hydrogens (primary N) is 1. The highest BCUT2D eigenvalue weighted by atomic mass is 19.1. The van der Waals surface area contributed by atoms with Crippen LogP contribution in [0, 0.1) is 5.82 Å². The maximum atomic E-state index is 13.1. The molecule has 0 aliphatic carbocycles. The van der Waals surface area contributed by atoms with Crippen LogP contribution >= 0.6 is 0 Å². The fraction of sp³-hybridized carbons (Fsp3) is 0.417. The Bertz CT molecular complexity index is 402. The van der Waals surface area contributed by atoms with E-state index in [0.717, 1.165) is 6.42 Å². The van der Waals surface area contributed by atoms with Crippen LogP contribution in [0.25, 0.3) is 0 Å². The molecule has 1 amide bonds. The summed E-state index contributed by atoms with van der Waals surface area (Å²) in [5.41, 5.74) is 5.26. The number of halogens is 1. The first kappa shape index (κ1) is 12.5. The number of rotatable bonds is 3. The Kier molecular flexibility index (Phi) is 3.52. The van der Waals surface area contributed by atoms with Crippen LogP contribution < -0.4 is 11.1 Å². The van der Waals surface area contributed by atoms with Crippen LogP contribution in [0.3, 0.4) is 0 Å². The summed E-state index contributed by atoms with van der Waals surface area (Å²) >= 11 is 0. The van der Waals surface area contributed by atoms with Crippen LogP contribution in [-0.4, -0.2) is 11.4 Å². The molecule has 0 aromatic heterocycles. The van der Waals surface area contributed by atoms with E-state index in [4.69, 9.17) is 5.73 Å². The van der Waals surface area contributed by atoms with Gasteiger partial charge in [-0.15, -0.1) is 0 Å². The van der Waals surface area contributed by atoms with Crippen LogP contribution in [0.5, 0.6) is 0 Å². The van der Waals surface area contributed by atoms with Gasteiger partial charge in [0.15, 0.2) is 0 Å². The predicted molar refractivity (Wildman–Crippen MR) is 62.6 cm³/mol. The first-order chi connectivity index (χ1) is 7.37. The highest BCUT2D eigenvalue weighted by Crippen LogP contribution is 2.17. The van der Waals surface area contributed by atoms with Crippen molar-refractivity contribution in [2.45, 2.75) is 32.7 Å². The van der Waals surface area contributed by atoms with Crippen molar-refractivity contribution in [3.8, 4) is 0 Å². The predicted octanol–water partition coefficient (Wildman–Crippen LogP) is 2.33. The van der Waals surface area contributed by atoms with Gasteiger partial charge in [0.2, 0.25) is 0 Å². The average molecular weight is 224 g/mol. The third-order valence-electron chi connectivity index (χ3n) is 2.63. The summed E-state index contributed by atoms with van der Waals surface area (Å²) in [6, 6.07) is 4.22. The minimum Gasteiger partial charge on any atom is -0.396 e. The fourth-order valence-electron chi connectivity index (χ4n) is 1.20. The second-order valence-electron chi connectivity index (χ2n) is 4.39. The highest BCUT2D eigenvalue weighted by molar-refractivity contribution is 5.99. The molecule has 0 spiro atoms. The lowest BCUT2D eigenvalue weighted by atomic mass is 10.0. The van der Waals surface area contributed by atoms with Gasteiger partial charge < -0.3 is 11.1 Å². The Labute approximate surface area is 94.8 Å². The number of hydrogen-bond donors (Lipinski definition) is 2. The molecule has 3 N–H and O–H groups in total. The van der Waals surface area contributed by atoms with E-state index in [1.54, 1.807) is 0 Å². The molecule has 0 aliphatic rings. The molecule has 88 valence electrons. The largest absolute Gasteiger partial charge is 0.396 e. The van der Waals surface area contributed by atoms with Crippen LogP contribution in [0.4, 0.5) is 10.1 Å². The van der Waals surface area contributed by atoms with E-state index in [-0.39, 0.29) is 22.7 Å². The standard InChI is InChI=1S/C12H17FN2O/c1-4-12(2,3)15-11(16)8-6-5-7-9(13)10(8)14/h5-7H,4,14H2,1-3H3,(H,15,16). The van der Waals surface area contributed by atoms with Crippen LogP contribution in [0.1, 0.15) is 37.6 Å². The second kappa shape index (κ2) is 4.51. The molecular weight excluding hydrogens is 207 g/mol. The Hall–Kier alpha value is -1.58. The average Bonchev–Trinajstić information content (AvgIpc) is 2.21. The van der Waals surface area contributed by atoms with Gasteiger partial charge in [-0.1, -0.05) is 13.0 Å². The summed E-state index contributed by atoms with van der Waals surface area (Å²) in [7, 11) is 0. The van der Waals surface area contributed by atoms with Crippen molar-refractivity contribution in [1.82, 2.24) is 5.32 Å². The quantitative estimate of drug-likeness (QED) is 0.774. The van der Waals surface area contributed by atoms with Gasteiger partial charge in [0.25, 0.3) is 5.91 Å². The lowest BCUT2D eigenvalue weighted by Gasteiger charge is -2.24. The third-order valence-corrected chi connectivity index (χ3v) is 2.63. The molecule has 1 aromatic rings. The van der Waals surface area contributed by atoms with E-state index in [2.05, 4.69) is 5.32 Å². The minimum absolute atomic E-state index is 0.105. The molecule has 0 bridgehead atoms. The third kappa shape index (κ3) is 2.72. The molecule has 0 heterocycles. The normalized spacial score (nSPS) is 11.2. The molecular formula is C12H17FN2O. The second-order valence-corrected chi connectivity index (χ2v) is 4.39. The van der Waals surface area contributed by atoms with E-state index < -0.39 is 5.82 Å². The van der Waals surface area contributed by atoms with E-state index in [1.807, 2.05) is 20.8 Å². The van der Waals surface area contributed by atoms with Crippen LogP contribution in [0.2, 0.25) is 0 Å². The fourth-order valence-corrected chi connectivity index (χ4v) is 1.20. The topological polar surface area (TPSA) is 55.1 Å². The van der Waals surface area contributed by atoms with Crippen molar-refractivity contribution < 1.29 is 9.18 Å². The zero-order chi connectivity index (χ0) is 12.3. The summed E-state index contributed by atoms with van der Waals surface area (Å²) in [5, 5.41) is 2.80. The minimum atomic E-state index is -0.568. The summed E-state index contributed by atoms with van der Waals surface area (Å²) in [6.45, 7) is 5.77. The van der Waals surface area contributed by atoms with Gasteiger partial charge in [0, 0.05) is 5.54 Å². The molecule has 0 atom stereocenters. The molecule has 0 fully saturated rings. The van der Waals surface area contributed by atoms with E-state index in [1.165, 1.54) is 18.2 Å². The van der Waals surface area contributed by atoms with E-state index in [9.17, 15) is 9.18 Å². The first-order valence-corrected chi connectivity index (χ1v) is 5.24. The van der Waals surface area contributed by atoms with Gasteiger partial charge in [0.1, 0.15) is 5.82 Å². The van der Waals surface area contributed by atoms with Crippen molar-refractivity contribution in [3.63, 3.8) is 0 Å². The number of amides is 1. The number of benzene rings is 1. The number of para-hydroxylation sites is 1. The number of nitrogens with one attached hydrogen (secondary N) is 1. The Morgan fingerprint density at radius 3 is 2.69 bits per heavy atom. The summed E-state index contributed by atoms with van der Waals surface area (Å²) < 4.78 is 13.1. The van der Waals surface area contributed by atoms with Gasteiger partial charge in [-0.05, 0) is 32.4 Å². The number of nitrogen functional groups attached to an aromatic ring is 1. The number of hydrogen-bond acceptors (Lipinski definition) is 2. The van der Waals surface area contributed by atoms with Crippen molar-refractivity contribution in [3.05, 3.63) is 29.6 Å². The molecule has 3 nitrogen and oxygen atoms in total. The molecule has 0 radical (unpaired) electrons. The van der Waals surface area contributed by atoms with Gasteiger partial charge in [-0.3, -0.25) is 4.79 Å². The van der Waals surface area contributed by atoms with Gasteiger partial charge in [0.05, 0.1) is 11.3 Å². The van der Waals surface area contributed by atoms with Crippen molar-refractivity contribution >= 4 is 11.6 Å². The molecule has 1 aromatic carbocycles. The summed E-state index contributed by atoms with van der Waals surface area (Å²) in [6.07, 6.45) is 0.786. The van der Waals surface area contributed by atoms with E-state index >= 15 is 0 Å². The molecule has 0 saturated carbocycles. The maximum absolute atomic E-state index is 13.1. The zero-order valence-corrected chi connectivity index (χ0v) is 9.80. The summed E-state index contributed by atoms with van der Waals surface area (Å²) in [5.74, 6) is -0.911. The molecule has 0 unspecified atom stereocenters. The number of carbonyl (C=O) groups excluding carboxylic acids is 1. The molecule has 0 aliphatic heterocycles. The van der Waals surface area contributed by atoms with E-state index in [0.29, 0.717) is 0 Å². The first-order valence-electron chi connectivity index (χ1n) is 5.24. The number of anilines is 1. The maximum Gasteiger partial charge on any atom is 0.253 e. The molecule has 16 heavy (non-hydrogen) atoms. The summed E-state index contributed by atoms with van der Waals surface area (Å²) in [4.78, 5) is 11.8. The Morgan fingerprint density at radius 2 is 2.12 bits per heavy atom. The molecule has 0 saturated heterocycles. The number of carbonyl (C=O) groups is 1.